The molecule has 0 aliphatic heterocycles. The van der Waals surface area contributed by atoms with Gasteiger partial charge in [0, 0.05) is 6.92 Å². The molecule has 0 unspecified atom stereocenters. The highest BCUT2D eigenvalue weighted by Gasteiger charge is 2.03. The van der Waals surface area contributed by atoms with Crippen LogP contribution >= 0.6 is 11.3 Å². The van der Waals surface area contributed by atoms with Crippen LogP contribution in [0.15, 0.2) is 10.9 Å². The van der Waals surface area contributed by atoms with Gasteiger partial charge in [-0.3, -0.25) is 0 Å². The maximum atomic E-state index is 8.30. The first-order valence-corrected chi connectivity index (χ1v) is 3.58. The van der Waals surface area contributed by atoms with Gasteiger partial charge >= 0.3 is 0 Å². The molecule has 0 aromatic carbocycles. The first kappa shape index (κ1) is 9.41. The van der Waals surface area contributed by atoms with E-state index in [9.17, 15) is 0 Å². The second-order valence-corrected chi connectivity index (χ2v) is 2.51. The molecule has 0 radical (unpaired) electrons. The summed E-state index contributed by atoms with van der Waals surface area (Å²) < 4.78 is 1.92. The molecule has 1 rings (SSSR count). The summed E-state index contributed by atoms with van der Waals surface area (Å²) in [4.78, 5) is 0. The molecule has 0 atom stereocenters. The maximum Gasteiger partial charge on any atom is 0.235 e. The van der Waals surface area contributed by atoms with Gasteiger partial charge in [-0.2, -0.15) is 9.83 Å². The van der Waals surface area contributed by atoms with Crippen molar-refractivity contribution in [3.05, 3.63) is 16.6 Å². The summed E-state index contributed by atoms with van der Waals surface area (Å²) in [7, 11) is 0. The van der Waals surface area contributed by atoms with Crippen molar-refractivity contribution >= 4 is 11.3 Å². The lowest BCUT2D eigenvalue weighted by Gasteiger charge is -1.80. The van der Waals surface area contributed by atoms with Crippen LogP contribution in [0.3, 0.4) is 0 Å². The number of hydrogen-bond donors (Lipinski definition) is 0. The SMILES string of the molecule is Cc1csc[n+]1CC#N.[Cl-]. The molecule has 10 heavy (non-hydrogen) atoms. The Morgan fingerprint density at radius 2 is 2.50 bits per heavy atom. The molecule has 0 aliphatic carbocycles. The zero-order valence-corrected chi connectivity index (χ0v) is 7.11. The highest BCUT2D eigenvalue weighted by molar-refractivity contribution is 7.07. The van der Waals surface area contributed by atoms with Crippen LogP contribution in [0.4, 0.5) is 0 Å². The van der Waals surface area contributed by atoms with Crippen molar-refractivity contribution in [3.63, 3.8) is 0 Å². The zero-order valence-electron chi connectivity index (χ0n) is 5.54. The van der Waals surface area contributed by atoms with E-state index in [0.717, 1.165) is 5.69 Å². The molecule has 1 aromatic rings. The number of halogens is 1. The van der Waals surface area contributed by atoms with Crippen LogP contribution < -0.4 is 17.0 Å². The van der Waals surface area contributed by atoms with Crippen molar-refractivity contribution in [3.8, 4) is 6.07 Å². The molecule has 0 aliphatic rings. The predicted octanol–water partition coefficient (Wildman–Crippen LogP) is -2.13. The molecule has 0 amide bonds. The van der Waals surface area contributed by atoms with Gasteiger partial charge in [-0.15, -0.1) is 0 Å². The molecule has 0 fully saturated rings. The summed E-state index contributed by atoms with van der Waals surface area (Å²) in [5.41, 5.74) is 3.10. The van der Waals surface area contributed by atoms with Crippen LogP contribution in [0.25, 0.3) is 0 Å². The largest absolute Gasteiger partial charge is 1.00 e. The van der Waals surface area contributed by atoms with Crippen LogP contribution in [0.5, 0.6) is 0 Å². The van der Waals surface area contributed by atoms with Gasteiger partial charge in [0.2, 0.25) is 12.1 Å². The fourth-order valence-electron chi connectivity index (χ4n) is 0.591. The van der Waals surface area contributed by atoms with Gasteiger partial charge < -0.3 is 12.4 Å². The molecule has 1 aromatic heterocycles. The number of hydrogen-bond acceptors (Lipinski definition) is 2. The number of nitriles is 1. The van der Waals surface area contributed by atoms with Crippen LogP contribution in [-0.4, -0.2) is 0 Å². The summed E-state index contributed by atoms with van der Waals surface area (Å²) in [5, 5.41) is 10.3. The fourth-order valence-corrected chi connectivity index (χ4v) is 1.37. The van der Waals surface area contributed by atoms with E-state index >= 15 is 0 Å². The van der Waals surface area contributed by atoms with E-state index in [1.165, 1.54) is 0 Å². The molecule has 2 nitrogen and oxygen atoms in total. The summed E-state index contributed by atoms with van der Waals surface area (Å²) in [5.74, 6) is 0. The lowest BCUT2D eigenvalue weighted by atomic mass is 10.5. The average Bonchev–Trinajstić information content (AvgIpc) is 2.18. The fraction of sp³-hybridized carbons (Fsp3) is 0.333. The Labute approximate surface area is 70.1 Å². The van der Waals surface area contributed by atoms with Crippen LogP contribution in [0, 0.1) is 18.3 Å². The topological polar surface area (TPSA) is 27.7 Å². The van der Waals surface area contributed by atoms with Crippen molar-refractivity contribution in [2.45, 2.75) is 13.5 Å². The zero-order chi connectivity index (χ0) is 6.69. The second kappa shape index (κ2) is 4.26. The minimum atomic E-state index is 0. The van der Waals surface area contributed by atoms with Crippen molar-refractivity contribution in [1.29, 1.82) is 5.26 Å². The van der Waals surface area contributed by atoms with E-state index in [1.54, 1.807) is 11.3 Å². The van der Waals surface area contributed by atoms with E-state index in [1.807, 2.05) is 22.4 Å². The van der Waals surface area contributed by atoms with Gasteiger partial charge in [-0.25, -0.2) is 0 Å². The Kier molecular flexibility index (Phi) is 4.01. The minimum Gasteiger partial charge on any atom is -1.00 e. The number of nitrogens with zero attached hydrogens (tertiary/aromatic N) is 2. The Morgan fingerprint density at radius 3 is 2.90 bits per heavy atom. The number of aromatic nitrogens is 1. The van der Waals surface area contributed by atoms with Gasteiger partial charge in [0.05, 0.1) is 5.38 Å². The second-order valence-electron chi connectivity index (χ2n) is 1.79. The van der Waals surface area contributed by atoms with Gasteiger partial charge in [0.15, 0.2) is 5.69 Å². The first-order chi connectivity index (χ1) is 4.34. The highest BCUT2D eigenvalue weighted by atomic mass is 35.5. The Bertz CT molecular complexity index is 238. The first-order valence-electron chi connectivity index (χ1n) is 2.64. The molecule has 0 bridgehead atoms. The smallest absolute Gasteiger partial charge is 0.235 e. The van der Waals surface area contributed by atoms with Crippen LogP contribution in [0.2, 0.25) is 0 Å². The summed E-state index contributed by atoms with van der Waals surface area (Å²) in [6.07, 6.45) is 0. The van der Waals surface area contributed by atoms with E-state index < -0.39 is 0 Å². The Morgan fingerprint density at radius 1 is 1.80 bits per heavy atom. The lowest BCUT2D eigenvalue weighted by molar-refractivity contribution is -0.686. The van der Waals surface area contributed by atoms with E-state index in [2.05, 4.69) is 6.07 Å². The van der Waals surface area contributed by atoms with Crippen LogP contribution in [-0.2, 0) is 6.54 Å². The molecule has 54 valence electrons. The third-order valence-electron chi connectivity index (χ3n) is 1.12. The number of aryl methyl sites for hydroxylation is 1. The molecule has 0 N–H and O–H groups in total. The Balaban J connectivity index is 0.000000810. The standard InChI is InChI=1S/C6H7N2S.ClH/c1-6-4-9-5-8(6)3-2-7;/h4-5H,3H2,1H3;1H/q+1;/p-1. The van der Waals surface area contributed by atoms with Crippen LogP contribution in [0.1, 0.15) is 5.69 Å². The molecule has 1 heterocycles. The number of rotatable bonds is 1. The van der Waals surface area contributed by atoms with E-state index in [4.69, 9.17) is 5.26 Å². The van der Waals surface area contributed by atoms with Crippen molar-refractivity contribution in [1.82, 2.24) is 0 Å². The third-order valence-corrected chi connectivity index (χ3v) is 1.97. The molecular formula is C6H7ClN2S. The Hall–Kier alpha value is -0.590. The summed E-state index contributed by atoms with van der Waals surface area (Å²) in [6.45, 7) is 2.46. The molecular weight excluding hydrogens is 168 g/mol. The maximum absolute atomic E-state index is 8.30. The number of thiazole rings is 1. The predicted molar refractivity (Wildman–Crippen MR) is 34.9 cm³/mol. The van der Waals surface area contributed by atoms with E-state index in [-0.39, 0.29) is 12.4 Å². The van der Waals surface area contributed by atoms with Crippen molar-refractivity contribution < 1.29 is 17.0 Å². The average molecular weight is 175 g/mol. The minimum absolute atomic E-state index is 0. The monoisotopic (exact) mass is 174 g/mol. The van der Waals surface area contributed by atoms with Gasteiger partial charge in [0.1, 0.15) is 6.07 Å². The quantitative estimate of drug-likeness (QED) is 0.447. The van der Waals surface area contributed by atoms with Gasteiger partial charge in [-0.1, -0.05) is 11.3 Å². The van der Waals surface area contributed by atoms with E-state index in [0.29, 0.717) is 6.54 Å². The summed E-state index contributed by atoms with van der Waals surface area (Å²) >= 11 is 1.62. The third kappa shape index (κ3) is 1.98. The van der Waals surface area contributed by atoms with Crippen molar-refractivity contribution in [2.24, 2.45) is 0 Å². The molecule has 4 heteroatoms. The van der Waals surface area contributed by atoms with Gasteiger partial charge in [-0.05, 0) is 0 Å². The van der Waals surface area contributed by atoms with Crippen molar-refractivity contribution in [2.75, 3.05) is 0 Å². The molecule has 0 spiro atoms. The molecule has 0 saturated heterocycles. The highest BCUT2D eigenvalue weighted by Crippen LogP contribution is 1.95. The normalized spacial score (nSPS) is 8.00. The lowest BCUT2D eigenvalue weighted by Crippen LogP contribution is -3.00. The molecule has 0 saturated carbocycles. The van der Waals surface area contributed by atoms with Gasteiger partial charge in [0.25, 0.3) is 0 Å². The summed E-state index contributed by atoms with van der Waals surface area (Å²) in [6, 6.07) is 2.08.